The van der Waals surface area contributed by atoms with Crippen LogP contribution in [0.4, 0.5) is 11.9 Å². The van der Waals surface area contributed by atoms with Gasteiger partial charge in [-0.05, 0) is 30.0 Å². The van der Waals surface area contributed by atoms with Crippen molar-refractivity contribution in [2.45, 2.75) is 51.3 Å². The summed E-state index contributed by atoms with van der Waals surface area (Å²) in [6.45, 7) is 7.62. The highest BCUT2D eigenvalue weighted by atomic mass is 32.2. The number of anilines is 2. The van der Waals surface area contributed by atoms with Gasteiger partial charge >= 0.3 is 0 Å². The predicted molar refractivity (Wildman–Crippen MR) is 123 cm³/mol. The Morgan fingerprint density at radius 1 is 1.10 bits per heavy atom. The van der Waals surface area contributed by atoms with Gasteiger partial charge < -0.3 is 19.9 Å². The second kappa shape index (κ2) is 10.4. The average Bonchev–Trinajstić information content (AvgIpc) is 3.11. The molecule has 3 aromatic rings. The number of ether oxygens (including phenoxy) is 1. The van der Waals surface area contributed by atoms with Gasteiger partial charge in [0.25, 0.3) is 0 Å². The summed E-state index contributed by atoms with van der Waals surface area (Å²) < 4.78 is 8.06. The van der Waals surface area contributed by atoms with E-state index in [1.165, 1.54) is 17.3 Å². The number of hydrogen-bond acceptors (Lipinski definition) is 9. The summed E-state index contributed by atoms with van der Waals surface area (Å²) in [6, 6.07) is 8.14. The van der Waals surface area contributed by atoms with Crippen LogP contribution in [-0.2, 0) is 25.3 Å². The number of rotatable bonds is 10. The third-order valence-corrected chi connectivity index (χ3v) is 5.42. The molecule has 0 aliphatic heterocycles. The molecule has 9 nitrogen and oxygen atoms in total. The van der Waals surface area contributed by atoms with Crippen molar-refractivity contribution >= 4 is 23.7 Å². The van der Waals surface area contributed by atoms with Crippen LogP contribution in [0.2, 0.25) is 0 Å². The molecule has 1 aromatic carbocycles. The van der Waals surface area contributed by atoms with Crippen LogP contribution in [0.1, 0.15) is 38.0 Å². The molecule has 0 saturated carbocycles. The van der Waals surface area contributed by atoms with Gasteiger partial charge in [-0.2, -0.15) is 15.0 Å². The third-order valence-electron chi connectivity index (χ3n) is 4.46. The van der Waals surface area contributed by atoms with Crippen molar-refractivity contribution in [2.75, 3.05) is 24.7 Å². The molecule has 10 heteroatoms. The molecule has 0 amide bonds. The van der Waals surface area contributed by atoms with E-state index in [9.17, 15) is 0 Å². The average molecular weight is 443 g/mol. The van der Waals surface area contributed by atoms with Crippen molar-refractivity contribution in [2.24, 2.45) is 5.92 Å². The van der Waals surface area contributed by atoms with Crippen molar-refractivity contribution in [1.29, 1.82) is 0 Å². The molecule has 0 aliphatic rings. The van der Waals surface area contributed by atoms with Crippen LogP contribution in [-0.4, -0.2) is 43.8 Å². The zero-order valence-electron chi connectivity index (χ0n) is 18.7. The molecule has 0 fully saturated rings. The minimum atomic E-state index is 0.209. The van der Waals surface area contributed by atoms with Gasteiger partial charge in [0, 0.05) is 20.6 Å². The highest BCUT2D eigenvalue weighted by molar-refractivity contribution is 7.98. The number of aromatic nitrogens is 6. The molecule has 2 heterocycles. The Morgan fingerprint density at radius 2 is 1.84 bits per heavy atom. The minimum absolute atomic E-state index is 0.209. The molecule has 0 unspecified atom stereocenters. The molecule has 0 aliphatic carbocycles. The monoisotopic (exact) mass is 442 g/mol. The Bertz CT molecular complexity index is 988. The summed E-state index contributed by atoms with van der Waals surface area (Å²) >= 11 is 1.53. The van der Waals surface area contributed by atoms with E-state index in [1.54, 1.807) is 4.90 Å². The lowest BCUT2D eigenvalue weighted by Crippen LogP contribution is -2.16. The summed E-state index contributed by atoms with van der Waals surface area (Å²) in [4.78, 5) is 14.6. The number of thioether (sulfide) groups is 1. The Labute approximate surface area is 187 Å². The van der Waals surface area contributed by atoms with Gasteiger partial charge in [0.05, 0.1) is 5.75 Å². The zero-order valence-corrected chi connectivity index (χ0v) is 19.6. The third kappa shape index (κ3) is 6.30. The highest BCUT2D eigenvalue weighted by Gasteiger charge is 2.16. The van der Waals surface area contributed by atoms with Crippen molar-refractivity contribution in [3.63, 3.8) is 0 Å². The first-order valence-electron chi connectivity index (χ1n) is 10.3. The quantitative estimate of drug-likeness (QED) is 0.473. The molecule has 0 spiro atoms. The Morgan fingerprint density at radius 3 is 2.48 bits per heavy atom. The number of nitrogens with two attached hydrogens (primary N) is 1. The van der Waals surface area contributed by atoms with Gasteiger partial charge in [-0.1, -0.05) is 44.7 Å². The number of hydrogen-bond donors (Lipinski definition) is 1. The maximum Gasteiger partial charge on any atom is 0.229 e. The highest BCUT2D eigenvalue weighted by Crippen LogP contribution is 2.23. The summed E-state index contributed by atoms with van der Waals surface area (Å²) in [7, 11) is 3.74. The molecule has 2 aromatic heterocycles. The fraction of sp³-hybridized carbons (Fsp3) is 0.476. The van der Waals surface area contributed by atoms with Crippen LogP contribution in [0.15, 0.2) is 29.4 Å². The summed E-state index contributed by atoms with van der Waals surface area (Å²) in [5.74, 6) is 3.92. The van der Waals surface area contributed by atoms with Crippen LogP contribution in [0.3, 0.4) is 0 Å². The first-order valence-corrected chi connectivity index (χ1v) is 11.3. The van der Waals surface area contributed by atoms with Gasteiger partial charge in [0.15, 0.2) is 11.0 Å². The van der Waals surface area contributed by atoms with Crippen molar-refractivity contribution in [3.05, 3.63) is 41.5 Å². The van der Waals surface area contributed by atoms with Gasteiger partial charge in [0.2, 0.25) is 11.9 Å². The standard InChI is InChI=1S/C21H30N8OS/c1-6-15-7-9-16(10-8-15)30-12-18-26-27-21(29(18)11-14(2)3)31-13-17-23-19(22)25-20(24-17)28(4)5/h7-10,14H,6,11-13H2,1-5H3,(H2,22,23,24,25). The SMILES string of the molecule is CCc1ccc(OCc2nnc(SCc3nc(N)nc(N(C)C)n3)n2CC(C)C)cc1. The maximum atomic E-state index is 5.96. The van der Waals surface area contributed by atoms with E-state index in [4.69, 9.17) is 10.5 Å². The number of nitrogen functional groups attached to an aromatic ring is 1. The number of benzene rings is 1. The molecule has 0 bridgehead atoms. The van der Waals surface area contributed by atoms with Crippen LogP contribution >= 0.6 is 11.8 Å². The molecule has 31 heavy (non-hydrogen) atoms. The molecule has 3 rings (SSSR count). The zero-order chi connectivity index (χ0) is 22.4. The van der Waals surface area contributed by atoms with E-state index in [2.05, 4.69) is 62.6 Å². The van der Waals surface area contributed by atoms with Crippen LogP contribution < -0.4 is 15.4 Å². The lowest BCUT2D eigenvalue weighted by molar-refractivity contribution is 0.284. The van der Waals surface area contributed by atoms with Crippen molar-refractivity contribution in [3.8, 4) is 5.75 Å². The Kier molecular flexibility index (Phi) is 7.67. The summed E-state index contributed by atoms with van der Waals surface area (Å²) in [5, 5.41) is 9.57. The normalized spacial score (nSPS) is 11.2. The van der Waals surface area contributed by atoms with Gasteiger partial charge in [-0.15, -0.1) is 10.2 Å². The number of aryl methyl sites for hydroxylation is 1. The van der Waals surface area contributed by atoms with Gasteiger partial charge in [-0.3, -0.25) is 0 Å². The minimum Gasteiger partial charge on any atom is -0.486 e. The van der Waals surface area contributed by atoms with E-state index >= 15 is 0 Å². The van der Waals surface area contributed by atoms with Crippen LogP contribution in [0.25, 0.3) is 0 Å². The van der Waals surface area contributed by atoms with Gasteiger partial charge in [-0.25, -0.2) is 0 Å². The Balaban J connectivity index is 1.72. The fourth-order valence-electron chi connectivity index (χ4n) is 2.87. The van der Waals surface area contributed by atoms with E-state index in [0.717, 1.165) is 29.7 Å². The summed E-state index contributed by atoms with van der Waals surface area (Å²) in [6.07, 6.45) is 1.01. The predicted octanol–water partition coefficient (Wildman–Crippen LogP) is 3.20. The Hall–Kier alpha value is -2.88. The first kappa shape index (κ1) is 22.8. The van der Waals surface area contributed by atoms with E-state index < -0.39 is 0 Å². The number of nitrogens with zero attached hydrogens (tertiary/aromatic N) is 7. The van der Waals surface area contributed by atoms with E-state index in [0.29, 0.717) is 30.1 Å². The molecule has 166 valence electrons. The van der Waals surface area contributed by atoms with Gasteiger partial charge in [0.1, 0.15) is 18.2 Å². The molecular weight excluding hydrogens is 412 g/mol. The molecule has 0 atom stereocenters. The molecule has 2 N–H and O–H groups in total. The lowest BCUT2D eigenvalue weighted by Gasteiger charge is -2.13. The largest absolute Gasteiger partial charge is 0.486 e. The molecule has 0 radical (unpaired) electrons. The first-order chi connectivity index (χ1) is 14.9. The smallest absolute Gasteiger partial charge is 0.229 e. The second-order valence-electron chi connectivity index (χ2n) is 7.78. The van der Waals surface area contributed by atoms with Crippen LogP contribution in [0, 0.1) is 5.92 Å². The van der Waals surface area contributed by atoms with E-state index in [-0.39, 0.29) is 5.95 Å². The van der Waals surface area contributed by atoms with Crippen molar-refractivity contribution in [1.82, 2.24) is 29.7 Å². The van der Waals surface area contributed by atoms with Crippen LogP contribution in [0.5, 0.6) is 5.75 Å². The molecular formula is C21H30N8OS. The van der Waals surface area contributed by atoms with E-state index in [1.807, 2.05) is 26.2 Å². The lowest BCUT2D eigenvalue weighted by atomic mass is 10.2. The second-order valence-corrected chi connectivity index (χ2v) is 8.72. The maximum absolute atomic E-state index is 5.96. The topological polar surface area (TPSA) is 108 Å². The fourth-order valence-corrected chi connectivity index (χ4v) is 3.69. The summed E-state index contributed by atoms with van der Waals surface area (Å²) in [5.41, 5.74) is 7.11. The van der Waals surface area contributed by atoms with Crippen molar-refractivity contribution < 1.29 is 4.74 Å². The molecule has 0 saturated heterocycles.